The van der Waals surface area contributed by atoms with Gasteiger partial charge < -0.3 is 0 Å². The topological polar surface area (TPSA) is 0 Å². The maximum Gasteiger partial charge on any atom is -0.0103 e. The zero-order valence-electron chi connectivity index (χ0n) is 5.80. The van der Waals surface area contributed by atoms with Gasteiger partial charge in [-0.1, -0.05) is 30.3 Å². The Kier molecular flexibility index (Phi) is 1.31. The predicted molar refractivity (Wildman–Crippen MR) is 42.5 cm³/mol. The number of hydrogen-bond donors (Lipinski definition) is 0. The molecule has 0 spiro atoms. The lowest BCUT2D eigenvalue weighted by Gasteiger charge is -2.13. The SMILES string of the molecule is [c]1ccccc1C1=CCC1. The van der Waals surface area contributed by atoms with E-state index < -0.39 is 0 Å². The highest BCUT2D eigenvalue weighted by atomic mass is 14.1. The molecule has 0 atom stereocenters. The summed E-state index contributed by atoms with van der Waals surface area (Å²) in [4.78, 5) is 0. The van der Waals surface area contributed by atoms with E-state index in [4.69, 9.17) is 0 Å². The molecule has 0 saturated carbocycles. The van der Waals surface area contributed by atoms with Gasteiger partial charge in [-0.15, -0.1) is 0 Å². The van der Waals surface area contributed by atoms with Crippen molar-refractivity contribution in [3.05, 3.63) is 42.0 Å². The molecule has 1 aromatic rings. The smallest absolute Gasteiger partial charge is 0.0103 e. The minimum absolute atomic E-state index is 1.24. The third-order valence-electron chi connectivity index (χ3n) is 1.86. The van der Waals surface area contributed by atoms with E-state index in [0.29, 0.717) is 0 Å². The van der Waals surface area contributed by atoms with Crippen LogP contribution in [0, 0.1) is 6.07 Å². The Labute approximate surface area is 61.2 Å². The molecule has 0 fully saturated rings. The van der Waals surface area contributed by atoms with Crippen molar-refractivity contribution in [1.29, 1.82) is 0 Å². The molecule has 0 nitrogen and oxygen atoms in total. The molecular weight excluding hydrogens is 120 g/mol. The van der Waals surface area contributed by atoms with Crippen molar-refractivity contribution in [2.24, 2.45) is 0 Å². The van der Waals surface area contributed by atoms with E-state index in [1.54, 1.807) is 0 Å². The van der Waals surface area contributed by atoms with Crippen LogP contribution in [0.3, 0.4) is 0 Å². The van der Waals surface area contributed by atoms with E-state index in [-0.39, 0.29) is 0 Å². The van der Waals surface area contributed by atoms with Gasteiger partial charge in [0.05, 0.1) is 0 Å². The van der Waals surface area contributed by atoms with Gasteiger partial charge in [-0.2, -0.15) is 0 Å². The van der Waals surface area contributed by atoms with Crippen LogP contribution >= 0.6 is 0 Å². The van der Waals surface area contributed by atoms with Gasteiger partial charge in [0.1, 0.15) is 0 Å². The van der Waals surface area contributed by atoms with Gasteiger partial charge >= 0.3 is 0 Å². The normalized spacial score (nSPS) is 15.8. The molecule has 1 aliphatic rings. The van der Waals surface area contributed by atoms with Crippen molar-refractivity contribution in [2.75, 3.05) is 0 Å². The van der Waals surface area contributed by atoms with Crippen LogP contribution in [0.5, 0.6) is 0 Å². The van der Waals surface area contributed by atoms with Crippen LogP contribution in [0.2, 0.25) is 0 Å². The second-order valence-corrected chi connectivity index (χ2v) is 2.54. The molecule has 0 aromatic heterocycles. The Morgan fingerprint density at radius 2 is 2.20 bits per heavy atom. The summed E-state index contributed by atoms with van der Waals surface area (Å²) in [5.41, 5.74) is 2.73. The molecule has 1 aromatic carbocycles. The molecule has 0 heteroatoms. The third kappa shape index (κ3) is 0.860. The second kappa shape index (κ2) is 2.30. The fourth-order valence-electron chi connectivity index (χ4n) is 1.13. The lowest BCUT2D eigenvalue weighted by atomic mass is 9.92. The monoisotopic (exact) mass is 129 g/mol. The quantitative estimate of drug-likeness (QED) is 0.546. The first kappa shape index (κ1) is 5.72. The number of hydrogen-bond acceptors (Lipinski definition) is 0. The summed E-state index contributed by atoms with van der Waals surface area (Å²) >= 11 is 0. The number of benzene rings is 1. The molecule has 1 aliphatic carbocycles. The van der Waals surface area contributed by atoms with Gasteiger partial charge in [-0.05, 0) is 30.0 Å². The van der Waals surface area contributed by atoms with E-state index >= 15 is 0 Å². The van der Waals surface area contributed by atoms with E-state index in [0.717, 1.165) is 0 Å². The van der Waals surface area contributed by atoms with E-state index in [2.05, 4.69) is 24.3 Å². The van der Waals surface area contributed by atoms with Crippen molar-refractivity contribution in [3.8, 4) is 0 Å². The van der Waals surface area contributed by atoms with Gasteiger partial charge in [-0.25, -0.2) is 0 Å². The van der Waals surface area contributed by atoms with Crippen LogP contribution < -0.4 is 0 Å². The highest BCUT2D eigenvalue weighted by Gasteiger charge is 2.06. The lowest BCUT2D eigenvalue weighted by Crippen LogP contribution is -1.92. The standard InChI is InChI=1S/C10H9/c1-2-5-9(6-3-1)10-7-4-8-10/h1-3,5,7H,4,8H2. The van der Waals surface area contributed by atoms with Crippen LogP contribution in [0.4, 0.5) is 0 Å². The van der Waals surface area contributed by atoms with E-state index in [1.165, 1.54) is 24.0 Å². The summed E-state index contributed by atoms with van der Waals surface area (Å²) in [5, 5.41) is 0. The molecule has 0 unspecified atom stereocenters. The largest absolute Gasteiger partial charge is 0.0804 e. The van der Waals surface area contributed by atoms with Crippen LogP contribution in [-0.4, -0.2) is 0 Å². The highest BCUT2D eigenvalue weighted by molar-refractivity contribution is 5.69. The second-order valence-electron chi connectivity index (χ2n) is 2.54. The maximum atomic E-state index is 3.20. The van der Waals surface area contributed by atoms with Gasteiger partial charge in [-0.3, -0.25) is 0 Å². The van der Waals surface area contributed by atoms with Gasteiger partial charge in [0, 0.05) is 0 Å². The van der Waals surface area contributed by atoms with E-state index in [9.17, 15) is 0 Å². The summed E-state index contributed by atoms with van der Waals surface area (Å²) in [6.07, 6.45) is 4.75. The van der Waals surface area contributed by atoms with Crippen LogP contribution in [0.1, 0.15) is 18.4 Å². The summed E-state index contributed by atoms with van der Waals surface area (Å²) in [6, 6.07) is 11.3. The molecular formula is C10H9. The van der Waals surface area contributed by atoms with Crippen molar-refractivity contribution in [3.63, 3.8) is 0 Å². The summed E-state index contributed by atoms with van der Waals surface area (Å²) in [6.45, 7) is 0. The van der Waals surface area contributed by atoms with Crippen molar-refractivity contribution < 1.29 is 0 Å². The Morgan fingerprint density at radius 1 is 1.30 bits per heavy atom. The minimum Gasteiger partial charge on any atom is -0.0804 e. The predicted octanol–water partition coefficient (Wildman–Crippen LogP) is 2.66. The zero-order chi connectivity index (χ0) is 6.81. The Balaban J connectivity index is 2.34. The fourth-order valence-corrected chi connectivity index (χ4v) is 1.13. The number of allylic oxidation sites excluding steroid dienone is 2. The lowest BCUT2D eigenvalue weighted by molar-refractivity contribution is 0.988. The maximum absolute atomic E-state index is 3.20. The number of rotatable bonds is 1. The first-order chi connectivity index (χ1) is 4.97. The van der Waals surface area contributed by atoms with Gasteiger partial charge in [0.15, 0.2) is 0 Å². The Hall–Kier alpha value is -1.04. The molecule has 0 heterocycles. The molecule has 0 amide bonds. The minimum atomic E-state index is 1.24. The van der Waals surface area contributed by atoms with Gasteiger partial charge in [0.2, 0.25) is 0 Å². The van der Waals surface area contributed by atoms with E-state index in [1.807, 2.05) is 12.1 Å². The molecule has 0 bridgehead atoms. The molecule has 2 rings (SSSR count). The first-order valence-electron chi connectivity index (χ1n) is 3.63. The molecule has 10 heavy (non-hydrogen) atoms. The van der Waals surface area contributed by atoms with Crippen molar-refractivity contribution >= 4 is 5.57 Å². The van der Waals surface area contributed by atoms with Crippen molar-refractivity contribution in [1.82, 2.24) is 0 Å². The molecule has 0 N–H and O–H groups in total. The van der Waals surface area contributed by atoms with Crippen LogP contribution in [0.15, 0.2) is 30.3 Å². The molecule has 49 valence electrons. The van der Waals surface area contributed by atoms with Crippen LogP contribution in [0.25, 0.3) is 5.57 Å². The average molecular weight is 129 g/mol. The summed E-state index contributed by atoms with van der Waals surface area (Å²) < 4.78 is 0. The molecule has 0 aliphatic heterocycles. The third-order valence-corrected chi connectivity index (χ3v) is 1.86. The summed E-state index contributed by atoms with van der Waals surface area (Å²) in [5.74, 6) is 0. The zero-order valence-corrected chi connectivity index (χ0v) is 5.80. The summed E-state index contributed by atoms with van der Waals surface area (Å²) in [7, 11) is 0. The fraction of sp³-hybridized carbons (Fsp3) is 0.200. The molecule has 1 radical (unpaired) electrons. The first-order valence-corrected chi connectivity index (χ1v) is 3.63. The Bertz CT molecular complexity index is 244. The average Bonchev–Trinajstić information content (AvgIpc) is 1.86. The highest BCUT2D eigenvalue weighted by Crippen LogP contribution is 2.27. The van der Waals surface area contributed by atoms with Gasteiger partial charge in [0.25, 0.3) is 0 Å². The Morgan fingerprint density at radius 3 is 2.70 bits per heavy atom. The molecule has 0 saturated heterocycles. The van der Waals surface area contributed by atoms with Crippen LogP contribution in [-0.2, 0) is 0 Å². The van der Waals surface area contributed by atoms with Crippen molar-refractivity contribution in [2.45, 2.75) is 12.8 Å².